The summed E-state index contributed by atoms with van der Waals surface area (Å²) in [7, 11) is 0. The summed E-state index contributed by atoms with van der Waals surface area (Å²) in [5, 5.41) is 3.92. The van der Waals surface area contributed by atoms with Crippen molar-refractivity contribution in [2.45, 2.75) is 31.7 Å². The molecular formula is C20H20ClNO2. The minimum absolute atomic E-state index is 0.0716. The van der Waals surface area contributed by atoms with Crippen LogP contribution in [0.25, 0.3) is 0 Å². The highest BCUT2D eigenvalue weighted by molar-refractivity contribution is 6.30. The molecule has 2 aromatic rings. The van der Waals surface area contributed by atoms with Gasteiger partial charge in [-0.1, -0.05) is 35.9 Å². The van der Waals surface area contributed by atoms with Crippen LogP contribution >= 0.6 is 11.6 Å². The van der Waals surface area contributed by atoms with Crippen LogP contribution in [0.15, 0.2) is 42.5 Å². The van der Waals surface area contributed by atoms with Gasteiger partial charge in [-0.3, -0.25) is 4.79 Å². The van der Waals surface area contributed by atoms with Crippen LogP contribution in [0.4, 0.5) is 0 Å². The van der Waals surface area contributed by atoms with Gasteiger partial charge in [-0.25, -0.2) is 0 Å². The number of amides is 1. The second-order valence-corrected chi connectivity index (χ2v) is 7.05. The Morgan fingerprint density at radius 1 is 1.17 bits per heavy atom. The van der Waals surface area contributed by atoms with Gasteiger partial charge in [0.1, 0.15) is 12.4 Å². The van der Waals surface area contributed by atoms with Crippen LogP contribution in [0.3, 0.4) is 0 Å². The predicted molar refractivity (Wildman–Crippen MR) is 94.4 cm³/mol. The van der Waals surface area contributed by atoms with Crippen molar-refractivity contribution in [1.82, 2.24) is 5.32 Å². The van der Waals surface area contributed by atoms with Crippen molar-refractivity contribution in [3.8, 4) is 5.75 Å². The van der Waals surface area contributed by atoms with Gasteiger partial charge in [-0.05, 0) is 60.6 Å². The third-order valence-electron chi connectivity index (χ3n) is 4.99. The third-order valence-corrected chi connectivity index (χ3v) is 5.22. The van der Waals surface area contributed by atoms with Gasteiger partial charge in [0.25, 0.3) is 0 Å². The van der Waals surface area contributed by atoms with E-state index in [0.717, 1.165) is 30.6 Å². The molecule has 24 heavy (non-hydrogen) atoms. The fraction of sp³-hybridized carbons (Fsp3) is 0.350. The summed E-state index contributed by atoms with van der Waals surface area (Å²) in [6, 6.07) is 14.1. The van der Waals surface area contributed by atoms with E-state index in [1.165, 1.54) is 11.1 Å². The van der Waals surface area contributed by atoms with Gasteiger partial charge in [0.2, 0.25) is 5.91 Å². The summed E-state index contributed by atoms with van der Waals surface area (Å²) in [6.45, 7) is 0.425. The van der Waals surface area contributed by atoms with Crippen molar-refractivity contribution in [2.24, 2.45) is 5.92 Å². The molecule has 0 bridgehead atoms. The molecule has 1 heterocycles. The molecule has 0 saturated carbocycles. The molecule has 2 aromatic carbocycles. The van der Waals surface area contributed by atoms with Crippen LogP contribution in [0.1, 0.15) is 35.6 Å². The molecule has 3 nitrogen and oxygen atoms in total. The average Bonchev–Trinajstić information content (AvgIpc) is 2.61. The Hall–Kier alpha value is -2.00. The third kappa shape index (κ3) is 3.01. The predicted octanol–water partition coefficient (Wildman–Crippen LogP) is 4.08. The summed E-state index contributed by atoms with van der Waals surface area (Å²) in [5.41, 5.74) is 3.63. The van der Waals surface area contributed by atoms with E-state index in [1.54, 1.807) is 0 Å². The maximum atomic E-state index is 12.7. The number of carbonyl (C=O) groups excluding carboxylic acids is 1. The number of aryl methyl sites for hydroxylation is 1. The first-order chi connectivity index (χ1) is 11.7. The molecule has 1 amide bonds. The van der Waals surface area contributed by atoms with Crippen molar-refractivity contribution in [2.75, 3.05) is 6.61 Å². The number of halogens is 1. The molecule has 0 spiro atoms. The van der Waals surface area contributed by atoms with Gasteiger partial charge in [0.05, 0.1) is 12.0 Å². The number of nitrogens with one attached hydrogen (secondary N) is 1. The van der Waals surface area contributed by atoms with Crippen molar-refractivity contribution in [3.63, 3.8) is 0 Å². The Labute approximate surface area is 147 Å². The molecule has 2 aliphatic rings. The van der Waals surface area contributed by atoms with E-state index in [2.05, 4.69) is 23.5 Å². The van der Waals surface area contributed by atoms with E-state index in [1.807, 2.05) is 24.3 Å². The number of ether oxygens (including phenoxy) is 1. The first kappa shape index (κ1) is 15.5. The van der Waals surface area contributed by atoms with E-state index in [4.69, 9.17) is 16.3 Å². The highest BCUT2D eigenvalue weighted by atomic mass is 35.5. The topological polar surface area (TPSA) is 38.3 Å². The summed E-state index contributed by atoms with van der Waals surface area (Å²) in [5.74, 6) is 0.749. The van der Waals surface area contributed by atoms with E-state index in [0.29, 0.717) is 18.1 Å². The van der Waals surface area contributed by atoms with Crippen LogP contribution in [0.2, 0.25) is 5.02 Å². The van der Waals surface area contributed by atoms with Crippen LogP contribution in [-0.4, -0.2) is 12.5 Å². The number of hydrogen-bond donors (Lipinski definition) is 1. The van der Waals surface area contributed by atoms with Gasteiger partial charge in [0.15, 0.2) is 0 Å². The number of rotatable bonds is 2. The minimum atomic E-state index is -0.162. The molecule has 0 saturated heterocycles. The summed E-state index contributed by atoms with van der Waals surface area (Å²) in [4.78, 5) is 12.7. The molecule has 4 rings (SSSR count). The maximum Gasteiger partial charge on any atom is 0.227 e. The van der Waals surface area contributed by atoms with Crippen molar-refractivity contribution < 1.29 is 9.53 Å². The Bertz CT molecular complexity index is 774. The lowest BCUT2D eigenvalue weighted by molar-refractivity contribution is -0.127. The van der Waals surface area contributed by atoms with Gasteiger partial charge in [-0.2, -0.15) is 0 Å². The van der Waals surface area contributed by atoms with Crippen LogP contribution < -0.4 is 10.1 Å². The lowest BCUT2D eigenvalue weighted by atomic mass is 9.87. The van der Waals surface area contributed by atoms with E-state index in [-0.39, 0.29) is 17.9 Å². The molecule has 0 aromatic heterocycles. The highest BCUT2D eigenvalue weighted by Gasteiger charge is 2.29. The molecule has 1 aliphatic carbocycles. The van der Waals surface area contributed by atoms with Crippen molar-refractivity contribution in [1.29, 1.82) is 0 Å². The fourth-order valence-corrected chi connectivity index (χ4v) is 3.92. The fourth-order valence-electron chi connectivity index (χ4n) is 3.72. The lowest BCUT2D eigenvalue weighted by Crippen LogP contribution is -2.40. The number of carbonyl (C=O) groups is 1. The molecule has 124 valence electrons. The number of benzene rings is 2. The number of fused-ring (bicyclic) bond motifs is 2. The number of hydrogen-bond acceptors (Lipinski definition) is 2. The normalized spacial score (nSPS) is 22.0. The molecule has 1 N–H and O–H groups in total. The van der Waals surface area contributed by atoms with Gasteiger partial charge in [0, 0.05) is 5.02 Å². The largest absolute Gasteiger partial charge is 0.492 e. The average molecular weight is 342 g/mol. The lowest BCUT2D eigenvalue weighted by Gasteiger charge is -2.30. The van der Waals surface area contributed by atoms with Crippen molar-refractivity contribution in [3.05, 3.63) is 64.2 Å². The summed E-state index contributed by atoms with van der Waals surface area (Å²) < 4.78 is 5.75. The Balaban J connectivity index is 1.48. The Morgan fingerprint density at radius 3 is 2.96 bits per heavy atom. The molecule has 1 aliphatic heterocycles. The molecular weight excluding hydrogens is 322 g/mol. The second-order valence-electron chi connectivity index (χ2n) is 6.62. The van der Waals surface area contributed by atoms with Gasteiger partial charge < -0.3 is 10.1 Å². The summed E-state index contributed by atoms with van der Waals surface area (Å²) >= 11 is 6.06. The van der Waals surface area contributed by atoms with E-state index >= 15 is 0 Å². The molecule has 4 heteroatoms. The maximum absolute atomic E-state index is 12.7. The standard InChI is InChI=1S/C20H20ClNO2/c21-16-8-9-19-14(11-16)10-15(12-24-19)20(23)22-18-7-3-5-13-4-1-2-6-17(13)18/h1-2,4,6,8-9,11,15,18H,3,5,7,10,12H2,(H,22,23)/t15-,18+/m1/s1. The highest BCUT2D eigenvalue weighted by Crippen LogP contribution is 2.32. The van der Waals surface area contributed by atoms with E-state index in [9.17, 15) is 4.79 Å². The first-order valence-corrected chi connectivity index (χ1v) is 8.88. The van der Waals surface area contributed by atoms with Crippen LogP contribution in [0, 0.1) is 5.92 Å². The molecule has 0 fully saturated rings. The SMILES string of the molecule is O=C(N[C@H]1CCCc2ccccc21)[C@H]1COc2ccc(Cl)cc2C1. The molecule has 2 atom stereocenters. The Morgan fingerprint density at radius 2 is 2.04 bits per heavy atom. The summed E-state index contributed by atoms with van der Waals surface area (Å²) in [6.07, 6.45) is 3.89. The second kappa shape index (κ2) is 6.48. The zero-order valence-corrected chi connectivity index (χ0v) is 14.2. The van der Waals surface area contributed by atoms with E-state index < -0.39 is 0 Å². The smallest absolute Gasteiger partial charge is 0.227 e. The monoisotopic (exact) mass is 341 g/mol. The first-order valence-electron chi connectivity index (χ1n) is 8.50. The minimum Gasteiger partial charge on any atom is -0.492 e. The van der Waals surface area contributed by atoms with Gasteiger partial charge in [-0.15, -0.1) is 0 Å². The van der Waals surface area contributed by atoms with Gasteiger partial charge >= 0.3 is 0 Å². The molecule has 0 unspecified atom stereocenters. The Kier molecular flexibility index (Phi) is 4.19. The zero-order chi connectivity index (χ0) is 16.5. The van der Waals surface area contributed by atoms with Crippen LogP contribution in [0.5, 0.6) is 5.75 Å². The quantitative estimate of drug-likeness (QED) is 0.893. The van der Waals surface area contributed by atoms with Crippen molar-refractivity contribution >= 4 is 17.5 Å². The molecule has 0 radical (unpaired) electrons. The zero-order valence-electron chi connectivity index (χ0n) is 13.4. The van der Waals surface area contributed by atoms with Crippen LogP contribution in [-0.2, 0) is 17.6 Å².